The molecule has 1 fully saturated rings. The Morgan fingerprint density at radius 1 is 1.19 bits per heavy atom. The van der Waals surface area contributed by atoms with Crippen molar-refractivity contribution >= 4 is 23.2 Å². The van der Waals surface area contributed by atoms with Gasteiger partial charge in [-0.2, -0.15) is 0 Å². The lowest BCUT2D eigenvalue weighted by Gasteiger charge is -2.41. The molecule has 1 aromatic carbocycles. The zero-order valence-corrected chi connectivity index (χ0v) is 16.8. The molecule has 0 aliphatic carbocycles. The van der Waals surface area contributed by atoms with Crippen LogP contribution in [0, 0.1) is 5.92 Å². The molecule has 1 saturated heterocycles. The Balaban J connectivity index is 2.08. The summed E-state index contributed by atoms with van der Waals surface area (Å²) in [5.74, 6) is -0.129. The number of anilines is 2. The predicted octanol–water partition coefficient (Wildman–Crippen LogP) is 2.34. The van der Waals surface area contributed by atoms with Gasteiger partial charge in [-0.05, 0) is 38.0 Å². The normalized spacial score (nSPS) is 21.7. The highest BCUT2D eigenvalue weighted by Crippen LogP contribution is 2.21. The molecule has 2 N–H and O–H groups in total. The molecular weight excluding hydrogens is 346 g/mol. The second-order valence-electron chi connectivity index (χ2n) is 7.45. The fourth-order valence-electron chi connectivity index (χ4n) is 3.55. The Morgan fingerprint density at radius 3 is 2.33 bits per heavy atom. The fourth-order valence-corrected chi connectivity index (χ4v) is 3.55. The smallest absolute Gasteiger partial charge is 0.250 e. The van der Waals surface area contributed by atoms with Crippen molar-refractivity contribution in [1.82, 2.24) is 4.90 Å². The minimum absolute atomic E-state index is 0.0145. The van der Waals surface area contributed by atoms with E-state index in [0.717, 1.165) is 13.1 Å². The summed E-state index contributed by atoms with van der Waals surface area (Å²) in [7, 11) is 1.47. The Morgan fingerprint density at radius 2 is 1.78 bits per heavy atom. The molecule has 1 aliphatic rings. The quantitative estimate of drug-likeness (QED) is 0.762. The fraction of sp³-hybridized carbons (Fsp3) is 0.600. The average molecular weight is 377 g/mol. The number of nitrogens with zero attached hydrogens (tertiary/aromatic N) is 1. The molecule has 1 aliphatic heterocycles. The Bertz CT molecular complexity index is 640. The molecule has 1 heterocycles. The van der Waals surface area contributed by atoms with Crippen LogP contribution in [0.3, 0.4) is 0 Å². The van der Waals surface area contributed by atoms with Crippen LogP contribution in [0.2, 0.25) is 0 Å². The number of hydrogen-bond acceptors (Lipinski definition) is 5. The van der Waals surface area contributed by atoms with Gasteiger partial charge in [0.15, 0.2) is 0 Å². The van der Waals surface area contributed by atoms with Crippen LogP contribution in [0.15, 0.2) is 24.3 Å². The van der Waals surface area contributed by atoms with Gasteiger partial charge in [0.1, 0.15) is 6.61 Å². The predicted molar refractivity (Wildman–Crippen MR) is 106 cm³/mol. The first-order valence-electron chi connectivity index (χ1n) is 9.39. The minimum atomic E-state index is -0.245. The number of hydrogen-bond donors (Lipinski definition) is 2. The van der Waals surface area contributed by atoms with Gasteiger partial charge >= 0.3 is 0 Å². The number of carbonyl (C=O) groups excluding carboxylic acids is 2. The lowest BCUT2D eigenvalue weighted by Crippen LogP contribution is -2.55. The maximum absolute atomic E-state index is 13.0. The number of methoxy groups -OCH3 is 1. The van der Waals surface area contributed by atoms with Gasteiger partial charge in [0.05, 0.1) is 18.2 Å². The highest BCUT2D eigenvalue weighted by atomic mass is 16.5. The van der Waals surface area contributed by atoms with Crippen molar-refractivity contribution in [1.29, 1.82) is 0 Å². The standard InChI is InChI=1S/C20H31N3O4/c1-13(2)19(23-10-14(3)27-15(4)11-23)20(25)22-17-8-6-7-16(9-17)21-18(24)12-26-5/h6-9,13-15,19H,10-12H2,1-5H3,(H,21,24)(H,22,25). The van der Waals surface area contributed by atoms with Crippen LogP contribution in [0.5, 0.6) is 0 Å². The molecule has 0 aromatic heterocycles. The van der Waals surface area contributed by atoms with Crippen LogP contribution >= 0.6 is 0 Å². The van der Waals surface area contributed by atoms with Gasteiger partial charge in [-0.3, -0.25) is 14.5 Å². The van der Waals surface area contributed by atoms with Crippen LogP contribution in [0.4, 0.5) is 11.4 Å². The summed E-state index contributed by atoms with van der Waals surface area (Å²) < 4.78 is 10.6. The van der Waals surface area contributed by atoms with E-state index in [2.05, 4.69) is 29.4 Å². The van der Waals surface area contributed by atoms with Gasteiger partial charge in [-0.25, -0.2) is 0 Å². The van der Waals surface area contributed by atoms with E-state index < -0.39 is 0 Å². The summed E-state index contributed by atoms with van der Waals surface area (Å²) in [4.78, 5) is 26.9. The van der Waals surface area contributed by atoms with E-state index in [4.69, 9.17) is 9.47 Å². The number of amides is 2. The van der Waals surface area contributed by atoms with Crippen LogP contribution in [0.1, 0.15) is 27.7 Å². The summed E-state index contributed by atoms with van der Waals surface area (Å²) in [5, 5.41) is 5.73. The monoisotopic (exact) mass is 377 g/mol. The third-order valence-electron chi connectivity index (χ3n) is 4.43. The van der Waals surface area contributed by atoms with Crippen molar-refractivity contribution in [2.24, 2.45) is 5.92 Å². The number of carbonyl (C=O) groups is 2. The summed E-state index contributed by atoms with van der Waals surface area (Å²) in [5.41, 5.74) is 1.26. The van der Waals surface area contributed by atoms with E-state index in [0.29, 0.717) is 11.4 Å². The van der Waals surface area contributed by atoms with Crippen LogP contribution in [-0.2, 0) is 19.1 Å². The van der Waals surface area contributed by atoms with Crippen molar-refractivity contribution in [3.8, 4) is 0 Å². The third kappa shape index (κ3) is 6.30. The lowest BCUT2D eigenvalue weighted by molar-refractivity contribution is -0.130. The van der Waals surface area contributed by atoms with E-state index in [1.54, 1.807) is 18.2 Å². The molecular formula is C20H31N3O4. The average Bonchev–Trinajstić information content (AvgIpc) is 2.54. The second-order valence-corrected chi connectivity index (χ2v) is 7.45. The van der Waals surface area contributed by atoms with Crippen LogP contribution in [0.25, 0.3) is 0 Å². The molecule has 2 amide bonds. The molecule has 3 unspecified atom stereocenters. The van der Waals surface area contributed by atoms with E-state index >= 15 is 0 Å². The van der Waals surface area contributed by atoms with Crippen molar-refractivity contribution in [3.05, 3.63) is 24.3 Å². The Labute approximate surface area is 161 Å². The summed E-state index contributed by atoms with van der Waals surface area (Å²) in [6.45, 7) is 9.61. The highest BCUT2D eigenvalue weighted by molar-refractivity contribution is 5.96. The Kier molecular flexibility index (Phi) is 7.77. The maximum atomic E-state index is 13.0. The first kappa shape index (κ1) is 21.3. The molecule has 0 saturated carbocycles. The maximum Gasteiger partial charge on any atom is 0.250 e. The molecule has 7 heteroatoms. The van der Waals surface area contributed by atoms with E-state index in [-0.39, 0.29) is 42.6 Å². The van der Waals surface area contributed by atoms with Gasteiger partial charge in [0, 0.05) is 31.6 Å². The topological polar surface area (TPSA) is 79.9 Å². The van der Waals surface area contributed by atoms with Gasteiger partial charge in [0.25, 0.3) is 0 Å². The number of nitrogens with one attached hydrogen (secondary N) is 2. The van der Waals surface area contributed by atoms with E-state index in [1.165, 1.54) is 7.11 Å². The van der Waals surface area contributed by atoms with Crippen LogP contribution < -0.4 is 10.6 Å². The summed E-state index contributed by atoms with van der Waals surface area (Å²) in [6, 6.07) is 6.88. The first-order chi connectivity index (χ1) is 12.8. The summed E-state index contributed by atoms with van der Waals surface area (Å²) in [6.07, 6.45) is 0.198. The Hall–Kier alpha value is -1.96. The van der Waals surface area contributed by atoms with E-state index in [1.807, 2.05) is 19.9 Å². The summed E-state index contributed by atoms with van der Waals surface area (Å²) >= 11 is 0. The van der Waals surface area contributed by atoms with Gasteiger partial charge < -0.3 is 20.1 Å². The molecule has 0 bridgehead atoms. The van der Waals surface area contributed by atoms with Crippen molar-refractivity contribution in [2.75, 3.05) is 37.4 Å². The van der Waals surface area contributed by atoms with Crippen molar-refractivity contribution in [2.45, 2.75) is 45.9 Å². The molecule has 27 heavy (non-hydrogen) atoms. The molecule has 7 nitrogen and oxygen atoms in total. The number of benzene rings is 1. The number of morpholine rings is 1. The zero-order valence-electron chi connectivity index (χ0n) is 16.8. The largest absolute Gasteiger partial charge is 0.375 e. The zero-order chi connectivity index (χ0) is 20.0. The first-order valence-corrected chi connectivity index (χ1v) is 9.39. The van der Waals surface area contributed by atoms with Crippen LogP contribution in [-0.4, -0.2) is 61.8 Å². The SMILES string of the molecule is COCC(=O)Nc1cccc(NC(=O)C(C(C)C)N2CC(C)OC(C)C2)c1. The molecule has 2 rings (SSSR count). The van der Waals surface area contributed by atoms with Gasteiger partial charge in [-0.15, -0.1) is 0 Å². The number of rotatable bonds is 7. The molecule has 1 aromatic rings. The van der Waals surface area contributed by atoms with Gasteiger partial charge in [-0.1, -0.05) is 19.9 Å². The molecule has 0 radical (unpaired) electrons. The van der Waals surface area contributed by atoms with Crippen molar-refractivity contribution < 1.29 is 19.1 Å². The third-order valence-corrected chi connectivity index (χ3v) is 4.43. The molecule has 3 atom stereocenters. The van der Waals surface area contributed by atoms with Gasteiger partial charge in [0.2, 0.25) is 11.8 Å². The second kappa shape index (κ2) is 9.82. The molecule has 0 spiro atoms. The van der Waals surface area contributed by atoms with Crippen molar-refractivity contribution in [3.63, 3.8) is 0 Å². The highest BCUT2D eigenvalue weighted by Gasteiger charge is 2.34. The minimum Gasteiger partial charge on any atom is -0.375 e. The number of ether oxygens (including phenoxy) is 2. The lowest BCUT2D eigenvalue weighted by atomic mass is 9.99. The molecule has 150 valence electrons. The van der Waals surface area contributed by atoms with E-state index in [9.17, 15) is 9.59 Å².